The van der Waals surface area contributed by atoms with Gasteiger partial charge in [-0.15, -0.1) is 0 Å². The molecule has 2 saturated heterocycles. The number of carbonyl (C=O) groups is 2. The summed E-state index contributed by atoms with van der Waals surface area (Å²) < 4.78 is 38.1. The van der Waals surface area contributed by atoms with Crippen LogP contribution in [0.25, 0.3) is 0 Å². The summed E-state index contributed by atoms with van der Waals surface area (Å²) in [5, 5.41) is 0. The van der Waals surface area contributed by atoms with Gasteiger partial charge in [-0.2, -0.15) is 13.2 Å². The van der Waals surface area contributed by atoms with Crippen molar-refractivity contribution in [1.82, 2.24) is 19.7 Å². The number of likely N-dealkylation sites (N-methyl/N-ethyl adjacent to an activating group) is 2. The SMILES string of the molecule is CN1CCN(C(=O)C2CCN(c3ccc(C(F)(F)F)cn3)CC2)[C@@H](C(=O)N(C)C)C1. The van der Waals surface area contributed by atoms with Gasteiger partial charge < -0.3 is 19.6 Å². The highest BCUT2D eigenvalue weighted by Crippen LogP contribution is 2.30. The molecule has 0 saturated carbocycles. The van der Waals surface area contributed by atoms with E-state index in [2.05, 4.69) is 9.88 Å². The number of anilines is 1. The molecule has 3 heterocycles. The van der Waals surface area contributed by atoms with Gasteiger partial charge in [0.15, 0.2) is 0 Å². The lowest BCUT2D eigenvalue weighted by atomic mass is 9.94. The summed E-state index contributed by atoms with van der Waals surface area (Å²) >= 11 is 0. The third-order valence-corrected chi connectivity index (χ3v) is 5.84. The molecule has 0 spiro atoms. The lowest BCUT2D eigenvalue weighted by Crippen LogP contribution is -2.61. The van der Waals surface area contributed by atoms with Crippen LogP contribution >= 0.6 is 0 Å². The van der Waals surface area contributed by atoms with Gasteiger partial charge in [0.05, 0.1) is 5.56 Å². The smallest absolute Gasteiger partial charge is 0.357 e. The van der Waals surface area contributed by atoms with Crippen LogP contribution in [0.15, 0.2) is 18.3 Å². The molecule has 2 amide bonds. The first-order valence-corrected chi connectivity index (χ1v) is 10.1. The summed E-state index contributed by atoms with van der Waals surface area (Å²) in [5.74, 6) is 0.190. The number of halogens is 3. The number of aromatic nitrogens is 1. The monoisotopic (exact) mass is 427 g/mol. The second kappa shape index (κ2) is 8.79. The fourth-order valence-corrected chi connectivity index (χ4v) is 4.02. The highest BCUT2D eigenvalue weighted by Gasteiger charge is 2.38. The van der Waals surface area contributed by atoms with Gasteiger partial charge in [0.25, 0.3) is 0 Å². The van der Waals surface area contributed by atoms with Crippen molar-refractivity contribution in [3.05, 3.63) is 23.9 Å². The Balaban J connectivity index is 1.62. The van der Waals surface area contributed by atoms with Crippen LogP contribution in [-0.4, -0.2) is 91.4 Å². The van der Waals surface area contributed by atoms with E-state index in [0.717, 1.165) is 18.8 Å². The average Bonchev–Trinajstić information content (AvgIpc) is 2.72. The van der Waals surface area contributed by atoms with E-state index in [1.165, 1.54) is 11.0 Å². The fourth-order valence-electron chi connectivity index (χ4n) is 4.02. The van der Waals surface area contributed by atoms with E-state index in [9.17, 15) is 22.8 Å². The highest BCUT2D eigenvalue weighted by molar-refractivity contribution is 5.89. The first kappa shape index (κ1) is 22.3. The number of alkyl halides is 3. The number of amides is 2. The summed E-state index contributed by atoms with van der Waals surface area (Å²) in [6, 6.07) is 1.92. The second-order valence-electron chi connectivity index (χ2n) is 8.21. The van der Waals surface area contributed by atoms with E-state index in [1.54, 1.807) is 19.0 Å². The molecule has 3 rings (SSSR count). The summed E-state index contributed by atoms with van der Waals surface area (Å²) in [6.07, 6.45) is -2.41. The molecule has 2 fully saturated rings. The van der Waals surface area contributed by atoms with Crippen LogP contribution in [-0.2, 0) is 15.8 Å². The summed E-state index contributed by atoms with van der Waals surface area (Å²) in [6.45, 7) is 2.82. The van der Waals surface area contributed by atoms with Crippen LogP contribution in [0, 0.1) is 5.92 Å². The first-order valence-electron chi connectivity index (χ1n) is 10.1. The van der Waals surface area contributed by atoms with Crippen LogP contribution in [0.1, 0.15) is 18.4 Å². The number of piperazine rings is 1. The van der Waals surface area contributed by atoms with Crippen molar-refractivity contribution in [3.63, 3.8) is 0 Å². The predicted molar refractivity (Wildman–Crippen MR) is 106 cm³/mol. The lowest BCUT2D eigenvalue weighted by molar-refractivity contribution is -0.150. The van der Waals surface area contributed by atoms with Gasteiger partial charge in [0.2, 0.25) is 11.8 Å². The van der Waals surface area contributed by atoms with Crippen molar-refractivity contribution in [2.75, 3.05) is 58.8 Å². The minimum absolute atomic E-state index is 0.0108. The normalized spacial score (nSPS) is 21.6. The molecule has 10 heteroatoms. The molecular weight excluding hydrogens is 399 g/mol. The minimum Gasteiger partial charge on any atom is -0.357 e. The molecule has 0 aromatic carbocycles. The zero-order valence-electron chi connectivity index (χ0n) is 17.5. The first-order chi connectivity index (χ1) is 14.1. The van der Waals surface area contributed by atoms with Crippen LogP contribution in [0.3, 0.4) is 0 Å². The van der Waals surface area contributed by atoms with Gasteiger partial charge in [0.1, 0.15) is 11.9 Å². The van der Waals surface area contributed by atoms with Crippen molar-refractivity contribution >= 4 is 17.6 Å². The quantitative estimate of drug-likeness (QED) is 0.733. The molecule has 30 heavy (non-hydrogen) atoms. The van der Waals surface area contributed by atoms with Gasteiger partial charge in [0, 0.05) is 58.9 Å². The molecule has 2 aliphatic heterocycles. The Labute approximate surface area is 174 Å². The van der Waals surface area contributed by atoms with Crippen LogP contribution in [0.5, 0.6) is 0 Å². The number of carbonyl (C=O) groups excluding carboxylic acids is 2. The van der Waals surface area contributed by atoms with E-state index < -0.39 is 17.8 Å². The van der Waals surface area contributed by atoms with Gasteiger partial charge in [-0.25, -0.2) is 4.98 Å². The van der Waals surface area contributed by atoms with Crippen LogP contribution in [0.4, 0.5) is 19.0 Å². The Bertz CT molecular complexity index is 761. The number of rotatable bonds is 3. The van der Waals surface area contributed by atoms with E-state index in [-0.39, 0.29) is 17.7 Å². The fraction of sp³-hybridized carbons (Fsp3) is 0.650. The Morgan fingerprint density at radius 3 is 2.30 bits per heavy atom. The lowest BCUT2D eigenvalue weighted by Gasteiger charge is -2.42. The molecule has 1 aromatic rings. The number of pyridine rings is 1. The Morgan fingerprint density at radius 2 is 1.77 bits per heavy atom. The van der Waals surface area contributed by atoms with E-state index in [4.69, 9.17) is 0 Å². The van der Waals surface area contributed by atoms with Crippen molar-refractivity contribution in [2.24, 2.45) is 5.92 Å². The third-order valence-electron chi connectivity index (χ3n) is 5.84. The molecule has 0 N–H and O–H groups in total. The molecule has 1 aromatic heterocycles. The number of piperidine rings is 1. The van der Waals surface area contributed by atoms with Crippen molar-refractivity contribution in [1.29, 1.82) is 0 Å². The highest BCUT2D eigenvalue weighted by atomic mass is 19.4. The zero-order valence-corrected chi connectivity index (χ0v) is 17.5. The Morgan fingerprint density at radius 1 is 1.10 bits per heavy atom. The largest absolute Gasteiger partial charge is 0.417 e. The number of hydrogen-bond donors (Lipinski definition) is 0. The minimum atomic E-state index is -4.41. The summed E-state index contributed by atoms with van der Waals surface area (Å²) in [7, 11) is 5.32. The molecule has 1 atom stereocenters. The molecule has 0 radical (unpaired) electrons. The van der Waals surface area contributed by atoms with E-state index in [0.29, 0.717) is 44.8 Å². The predicted octanol–water partition coefficient (Wildman–Crippen LogP) is 1.55. The molecule has 0 bridgehead atoms. The topological polar surface area (TPSA) is 60.0 Å². The van der Waals surface area contributed by atoms with Gasteiger partial charge in [-0.1, -0.05) is 0 Å². The molecule has 7 nitrogen and oxygen atoms in total. The van der Waals surface area contributed by atoms with Gasteiger partial charge in [-0.05, 0) is 32.0 Å². The summed E-state index contributed by atoms with van der Waals surface area (Å²) in [4.78, 5) is 36.9. The number of nitrogens with zero attached hydrogens (tertiary/aromatic N) is 5. The van der Waals surface area contributed by atoms with Gasteiger partial charge >= 0.3 is 6.18 Å². The molecule has 2 aliphatic rings. The maximum absolute atomic E-state index is 13.2. The van der Waals surface area contributed by atoms with Gasteiger partial charge in [-0.3, -0.25) is 9.59 Å². The maximum atomic E-state index is 13.2. The molecule has 0 unspecified atom stereocenters. The standard InChI is InChI=1S/C20H28F3N5O2/c1-25(2)19(30)16-13-26(3)10-11-28(16)18(29)14-6-8-27(9-7-14)17-5-4-15(12-24-17)20(21,22)23/h4-5,12,14,16H,6-11,13H2,1-3H3/t16-/m1/s1. The molecule has 166 valence electrons. The Kier molecular flexibility index (Phi) is 6.54. The maximum Gasteiger partial charge on any atom is 0.417 e. The van der Waals surface area contributed by atoms with Crippen LogP contribution < -0.4 is 4.90 Å². The zero-order chi connectivity index (χ0) is 22.1. The van der Waals surface area contributed by atoms with Crippen LogP contribution in [0.2, 0.25) is 0 Å². The Hall–Kier alpha value is -2.36. The van der Waals surface area contributed by atoms with E-state index >= 15 is 0 Å². The average molecular weight is 427 g/mol. The molecule has 0 aliphatic carbocycles. The van der Waals surface area contributed by atoms with Crippen molar-refractivity contribution < 1.29 is 22.8 Å². The van der Waals surface area contributed by atoms with E-state index in [1.807, 2.05) is 11.9 Å². The third kappa shape index (κ3) is 4.85. The second-order valence-corrected chi connectivity index (χ2v) is 8.21. The summed E-state index contributed by atoms with van der Waals surface area (Å²) in [5.41, 5.74) is -0.775. The van der Waals surface area contributed by atoms with Crippen molar-refractivity contribution in [3.8, 4) is 0 Å². The number of hydrogen-bond acceptors (Lipinski definition) is 5. The molecular formula is C20H28F3N5O2. The van der Waals surface area contributed by atoms with Crippen molar-refractivity contribution in [2.45, 2.75) is 25.1 Å².